The van der Waals surface area contributed by atoms with Crippen LogP contribution in [0.3, 0.4) is 0 Å². The van der Waals surface area contributed by atoms with Gasteiger partial charge in [-0.3, -0.25) is 5.43 Å². The second-order valence-corrected chi connectivity index (χ2v) is 7.58. The zero-order valence-electron chi connectivity index (χ0n) is 16.5. The lowest BCUT2D eigenvalue weighted by molar-refractivity contribution is 0.655. The Balaban J connectivity index is 1.41. The maximum Gasteiger partial charge on any atom is 0.178 e. The number of thiocarbonyl (C=S) groups is 1. The second kappa shape index (κ2) is 11.5. The lowest BCUT2D eigenvalue weighted by atomic mass is 10.1. The molecule has 0 radical (unpaired) electrons. The summed E-state index contributed by atoms with van der Waals surface area (Å²) in [5, 5.41) is 7.70. The minimum Gasteiger partial charge on any atom is -0.375 e. The summed E-state index contributed by atoms with van der Waals surface area (Å²) in [4.78, 5) is 4.51. The highest BCUT2D eigenvalue weighted by Crippen LogP contribution is 2.20. The molecule has 6 nitrogen and oxygen atoms in total. The fourth-order valence-corrected chi connectivity index (χ4v) is 3.16. The highest BCUT2D eigenvalue weighted by Gasteiger charge is 2.01. The van der Waals surface area contributed by atoms with Crippen LogP contribution < -0.4 is 27.2 Å². The third-order valence-corrected chi connectivity index (χ3v) is 4.72. The van der Waals surface area contributed by atoms with E-state index in [1.165, 1.54) is 5.56 Å². The van der Waals surface area contributed by atoms with Gasteiger partial charge in [0.1, 0.15) is 5.82 Å². The van der Waals surface area contributed by atoms with Crippen LogP contribution in [-0.4, -0.2) is 23.2 Å². The molecule has 0 aliphatic carbocycles. The number of rotatable bonds is 10. The third kappa shape index (κ3) is 7.27. The average molecular weight is 441 g/mol. The molecule has 0 aliphatic heterocycles. The van der Waals surface area contributed by atoms with Gasteiger partial charge in [-0.15, -0.1) is 0 Å². The third-order valence-electron chi connectivity index (χ3n) is 4.38. The van der Waals surface area contributed by atoms with Gasteiger partial charge in [0.15, 0.2) is 5.11 Å². The molecule has 0 unspecified atom stereocenters. The van der Waals surface area contributed by atoms with Gasteiger partial charge in [0.2, 0.25) is 0 Å². The Bertz CT molecular complexity index is 947. The maximum absolute atomic E-state index is 6.00. The van der Waals surface area contributed by atoms with Gasteiger partial charge >= 0.3 is 0 Å². The van der Waals surface area contributed by atoms with Crippen LogP contribution >= 0.6 is 23.8 Å². The molecule has 8 heteroatoms. The van der Waals surface area contributed by atoms with E-state index in [2.05, 4.69) is 62.9 Å². The highest BCUT2D eigenvalue weighted by molar-refractivity contribution is 7.80. The first-order valence-corrected chi connectivity index (χ1v) is 10.4. The first-order valence-electron chi connectivity index (χ1n) is 9.63. The number of nitrogens with two attached hydrogens (primary N) is 1. The summed E-state index contributed by atoms with van der Waals surface area (Å²) in [5.74, 6) is 0.855. The van der Waals surface area contributed by atoms with Crippen molar-refractivity contribution in [3.05, 3.63) is 83.0 Å². The number of hydrogen-bond acceptors (Lipinski definition) is 5. The van der Waals surface area contributed by atoms with Crippen molar-refractivity contribution >= 4 is 34.7 Å². The smallest absolute Gasteiger partial charge is 0.178 e. The SMILES string of the molecule is NC(=S)NNCc1ccc(-c2ccc(NCCNCc3cccc(Cl)c3)nc2)cc1. The maximum atomic E-state index is 6.00. The van der Waals surface area contributed by atoms with Gasteiger partial charge in [0, 0.05) is 43.0 Å². The molecule has 3 rings (SSSR count). The molecule has 1 heterocycles. The quantitative estimate of drug-likeness (QED) is 0.187. The van der Waals surface area contributed by atoms with E-state index in [1.54, 1.807) is 0 Å². The summed E-state index contributed by atoms with van der Waals surface area (Å²) in [5.41, 5.74) is 15.5. The Labute approximate surface area is 187 Å². The Hall–Kier alpha value is -2.71. The van der Waals surface area contributed by atoms with Crippen LogP contribution in [0.15, 0.2) is 66.9 Å². The normalized spacial score (nSPS) is 10.6. The summed E-state index contributed by atoms with van der Waals surface area (Å²) in [6.07, 6.45) is 1.88. The van der Waals surface area contributed by atoms with Crippen molar-refractivity contribution in [2.75, 3.05) is 18.4 Å². The van der Waals surface area contributed by atoms with Gasteiger partial charge < -0.3 is 16.4 Å². The number of halogens is 1. The van der Waals surface area contributed by atoms with E-state index in [1.807, 2.05) is 30.5 Å². The molecule has 156 valence electrons. The summed E-state index contributed by atoms with van der Waals surface area (Å²) < 4.78 is 0. The molecule has 1 aromatic heterocycles. The molecule has 0 spiro atoms. The fourth-order valence-electron chi connectivity index (χ4n) is 2.88. The molecule has 0 bridgehead atoms. The Morgan fingerprint density at radius 2 is 1.73 bits per heavy atom. The van der Waals surface area contributed by atoms with Crippen LogP contribution in [0.2, 0.25) is 5.02 Å². The number of benzene rings is 2. The number of hydrogen-bond donors (Lipinski definition) is 5. The minimum absolute atomic E-state index is 0.225. The van der Waals surface area contributed by atoms with Gasteiger partial charge in [0.05, 0.1) is 0 Å². The highest BCUT2D eigenvalue weighted by atomic mass is 35.5. The van der Waals surface area contributed by atoms with Crippen LogP contribution in [0.5, 0.6) is 0 Å². The molecule has 0 fully saturated rings. The van der Waals surface area contributed by atoms with E-state index in [9.17, 15) is 0 Å². The Kier molecular flexibility index (Phi) is 8.41. The van der Waals surface area contributed by atoms with E-state index >= 15 is 0 Å². The van der Waals surface area contributed by atoms with Crippen molar-refractivity contribution in [3.8, 4) is 11.1 Å². The van der Waals surface area contributed by atoms with Crippen molar-refractivity contribution < 1.29 is 0 Å². The molecule has 0 saturated heterocycles. The van der Waals surface area contributed by atoms with Crippen LogP contribution in [0.1, 0.15) is 11.1 Å². The summed E-state index contributed by atoms with van der Waals surface area (Å²) in [6.45, 7) is 3.03. The van der Waals surface area contributed by atoms with E-state index in [4.69, 9.17) is 29.6 Å². The molecule has 30 heavy (non-hydrogen) atoms. The van der Waals surface area contributed by atoms with Gasteiger partial charge in [-0.1, -0.05) is 48.0 Å². The number of pyridine rings is 1. The summed E-state index contributed by atoms with van der Waals surface area (Å²) in [6, 6.07) is 20.2. The summed E-state index contributed by atoms with van der Waals surface area (Å²) in [7, 11) is 0. The van der Waals surface area contributed by atoms with Crippen molar-refractivity contribution in [3.63, 3.8) is 0 Å². The number of nitrogens with one attached hydrogen (secondary N) is 4. The van der Waals surface area contributed by atoms with Gasteiger partial charge in [0.25, 0.3) is 0 Å². The molecule has 0 amide bonds. The predicted molar refractivity (Wildman–Crippen MR) is 128 cm³/mol. The topological polar surface area (TPSA) is 87.0 Å². The van der Waals surface area contributed by atoms with Crippen molar-refractivity contribution in [1.82, 2.24) is 21.2 Å². The predicted octanol–water partition coefficient (Wildman–Crippen LogP) is 3.44. The molecule has 0 atom stereocenters. The number of anilines is 1. The van der Waals surface area contributed by atoms with Gasteiger partial charge in [-0.25, -0.2) is 10.4 Å². The second-order valence-electron chi connectivity index (χ2n) is 6.71. The van der Waals surface area contributed by atoms with E-state index in [-0.39, 0.29) is 5.11 Å². The standard InChI is InChI=1S/C22H25ClN6S/c23-20-3-1-2-17(12-20)13-25-10-11-26-21-9-8-19(15-27-21)18-6-4-16(5-7-18)14-28-29-22(24)30/h1-9,12,15,25,28H,10-11,13-14H2,(H,26,27)(H3,24,29,30). The lowest BCUT2D eigenvalue weighted by Gasteiger charge is -2.09. The van der Waals surface area contributed by atoms with Crippen LogP contribution in [0.25, 0.3) is 11.1 Å². The van der Waals surface area contributed by atoms with Crippen LogP contribution in [0.4, 0.5) is 5.82 Å². The van der Waals surface area contributed by atoms with Crippen molar-refractivity contribution in [2.24, 2.45) is 5.73 Å². The van der Waals surface area contributed by atoms with Crippen LogP contribution in [0, 0.1) is 0 Å². The lowest BCUT2D eigenvalue weighted by Crippen LogP contribution is -2.40. The molecule has 6 N–H and O–H groups in total. The first kappa shape index (κ1) is 22.0. The first-order chi connectivity index (χ1) is 14.6. The molecular formula is C22H25ClN6S. The fraction of sp³-hybridized carbons (Fsp3) is 0.182. The number of aromatic nitrogens is 1. The Morgan fingerprint density at radius 1 is 0.933 bits per heavy atom. The van der Waals surface area contributed by atoms with Crippen LogP contribution in [-0.2, 0) is 13.1 Å². The van der Waals surface area contributed by atoms with E-state index in [0.29, 0.717) is 6.54 Å². The minimum atomic E-state index is 0.225. The molecule has 2 aromatic carbocycles. The zero-order chi connectivity index (χ0) is 21.2. The molecule has 3 aromatic rings. The molecular weight excluding hydrogens is 416 g/mol. The molecule has 0 saturated carbocycles. The van der Waals surface area contributed by atoms with Crippen molar-refractivity contribution in [2.45, 2.75) is 13.1 Å². The average Bonchev–Trinajstić information content (AvgIpc) is 2.74. The molecule has 0 aliphatic rings. The largest absolute Gasteiger partial charge is 0.375 e. The number of nitrogens with zero attached hydrogens (tertiary/aromatic N) is 1. The van der Waals surface area contributed by atoms with Crippen molar-refractivity contribution in [1.29, 1.82) is 0 Å². The summed E-state index contributed by atoms with van der Waals surface area (Å²) >= 11 is 10.8. The van der Waals surface area contributed by atoms with E-state index in [0.717, 1.165) is 47.2 Å². The van der Waals surface area contributed by atoms with E-state index < -0.39 is 0 Å². The monoisotopic (exact) mass is 440 g/mol. The van der Waals surface area contributed by atoms with Gasteiger partial charge in [-0.2, -0.15) is 0 Å². The number of hydrazine groups is 1. The van der Waals surface area contributed by atoms with Gasteiger partial charge in [-0.05, 0) is 53.2 Å². The Morgan fingerprint density at radius 3 is 2.43 bits per heavy atom. The zero-order valence-corrected chi connectivity index (χ0v) is 18.1.